The summed E-state index contributed by atoms with van der Waals surface area (Å²) < 4.78 is 5.85. The summed E-state index contributed by atoms with van der Waals surface area (Å²) in [6.45, 7) is 1.88. The predicted octanol–water partition coefficient (Wildman–Crippen LogP) is 4.88. The van der Waals surface area contributed by atoms with Gasteiger partial charge in [0.15, 0.2) is 6.10 Å². The van der Waals surface area contributed by atoms with Crippen molar-refractivity contribution in [3.63, 3.8) is 0 Å². The molecule has 0 aliphatic heterocycles. The van der Waals surface area contributed by atoms with Gasteiger partial charge in [-0.05, 0) is 35.6 Å². The van der Waals surface area contributed by atoms with Gasteiger partial charge in [-0.3, -0.25) is 0 Å². The zero-order valence-electron chi connectivity index (χ0n) is 13.2. The molecule has 0 aromatic heterocycles. The average Bonchev–Trinajstić information content (AvgIpc) is 2.58. The number of carboxylic acids is 1. The molecule has 0 saturated carbocycles. The van der Waals surface area contributed by atoms with Crippen LogP contribution in [-0.2, 0) is 11.2 Å². The van der Waals surface area contributed by atoms with Crippen LogP contribution in [0, 0.1) is 6.92 Å². The zero-order valence-corrected chi connectivity index (χ0v) is 14.0. The Morgan fingerprint density at radius 1 is 1.08 bits per heavy atom. The van der Waals surface area contributed by atoms with Crippen molar-refractivity contribution in [1.29, 1.82) is 0 Å². The third-order valence-electron chi connectivity index (χ3n) is 4.08. The second-order valence-electron chi connectivity index (χ2n) is 5.65. The van der Waals surface area contributed by atoms with E-state index >= 15 is 0 Å². The lowest BCUT2D eigenvalue weighted by molar-refractivity contribution is -0.144. The van der Waals surface area contributed by atoms with Crippen LogP contribution in [0.1, 0.15) is 11.1 Å². The zero-order chi connectivity index (χ0) is 17.1. The molecule has 0 spiro atoms. The first-order valence-electron chi connectivity index (χ1n) is 7.67. The fraction of sp³-hybridized carbons (Fsp3) is 0.150. The molecule has 3 aromatic rings. The monoisotopic (exact) mass is 340 g/mol. The van der Waals surface area contributed by atoms with Gasteiger partial charge in [0.1, 0.15) is 5.75 Å². The lowest BCUT2D eigenvalue weighted by atomic mass is 10.0. The van der Waals surface area contributed by atoms with Gasteiger partial charge in [-0.1, -0.05) is 60.1 Å². The second kappa shape index (κ2) is 6.93. The lowest BCUT2D eigenvalue weighted by Crippen LogP contribution is -2.29. The van der Waals surface area contributed by atoms with Crippen molar-refractivity contribution in [3.05, 3.63) is 76.8 Å². The molecule has 3 aromatic carbocycles. The maximum Gasteiger partial charge on any atom is 0.345 e. The molecule has 0 amide bonds. The number of carbonyl (C=O) groups is 1. The number of ether oxygens (including phenoxy) is 1. The third-order valence-corrected chi connectivity index (χ3v) is 4.49. The molecule has 0 radical (unpaired) electrons. The lowest BCUT2D eigenvalue weighted by Gasteiger charge is -2.18. The van der Waals surface area contributed by atoms with Crippen molar-refractivity contribution in [2.45, 2.75) is 19.4 Å². The van der Waals surface area contributed by atoms with Gasteiger partial charge in [0.2, 0.25) is 0 Å². The Bertz CT molecular complexity index is 884. The maximum atomic E-state index is 11.7. The van der Waals surface area contributed by atoms with Crippen LogP contribution in [0.2, 0.25) is 5.02 Å². The van der Waals surface area contributed by atoms with Crippen molar-refractivity contribution >= 4 is 28.3 Å². The maximum absolute atomic E-state index is 11.7. The van der Waals surface area contributed by atoms with Crippen molar-refractivity contribution in [3.8, 4) is 5.75 Å². The summed E-state index contributed by atoms with van der Waals surface area (Å²) in [6.07, 6.45) is -0.724. The molecule has 0 fully saturated rings. The number of aliphatic carboxylic acids is 1. The molecule has 3 rings (SSSR count). The van der Waals surface area contributed by atoms with Crippen LogP contribution in [0.25, 0.3) is 10.8 Å². The van der Waals surface area contributed by atoms with Crippen molar-refractivity contribution < 1.29 is 14.6 Å². The number of carboxylic acid groups (broad SMARTS) is 1. The van der Waals surface area contributed by atoms with Crippen molar-refractivity contribution in [2.24, 2.45) is 0 Å². The number of halogens is 1. The molecule has 1 atom stereocenters. The summed E-state index contributed by atoms with van der Waals surface area (Å²) in [5.41, 5.74) is 1.75. The number of fused-ring (bicyclic) bond motifs is 1. The minimum Gasteiger partial charge on any atom is -0.478 e. The molecule has 0 bridgehead atoms. The highest BCUT2D eigenvalue weighted by molar-refractivity contribution is 6.31. The van der Waals surface area contributed by atoms with Gasteiger partial charge in [0.05, 0.1) is 0 Å². The van der Waals surface area contributed by atoms with Gasteiger partial charge in [-0.15, -0.1) is 0 Å². The minimum absolute atomic E-state index is 0.255. The predicted molar refractivity (Wildman–Crippen MR) is 95.9 cm³/mol. The summed E-state index contributed by atoms with van der Waals surface area (Å²) in [6, 6.07) is 18.9. The van der Waals surface area contributed by atoms with Crippen LogP contribution in [0.15, 0.2) is 60.7 Å². The van der Waals surface area contributed by atoms with Gasteiger partial charge >= 0.3 is 5.97 Å². The van der Waals surface area contributed by atoms with Gasteiger partial charge in [0, 0.05) is 16.8 Å². The first kappa shape index (κ1) is 16.3. The Morgan fingerprint density at radius 3 is 2.58 bits per heavy atom. The first-order valence-corrected chi connectivity index (χ1v) is 8.05. The number of hydrogen-bond donors (Lipinski definition) is 1. The van der Waals surface area contributed by atoms with Crippen LogP contribution in [0.3, 0.4) is 0 Å². The summed E-state index contributed by atoms with van der Waals surface area (Å²) in [5.74, 6) is -0.428. The Hall–Kier alpha value is -2.52. The molecule has 1 N–H and O–H groups in total. The van der Waals surface area contributed by atoms with E-state index in [1.165, 1.54) is 0 Å². The van der Waals surface area contributed by atoms with Crippen LogP contribution < -0.4 is 4.74 Å². The fourth-order valence-electron chi connectivity index (χ4n) is 2.70. The minimum atomic E-state index is -0.998. The van der Waals surface area contributed by atoms with E-state index in [9.17, 15) is 9.90 Å². The van der Waals surface area contributed by atoms with E-state index in [0.29, 0.717) is 10.8 Å². The topological polar surface area (TPSA) is 46.5 Å². The summed E-state index contributed by atoms with van der Waals surface area (Å²) in [5, 5.41) is 12.1. The quantitative estimate of drug-likeness (QED) is 0.720. The Balaban J connectivity index is 1.92. The summed E-state index contributed by atoms with van der Waals surface area (Å²) >= 11 is 6.13. The standard InChI is InChI=1S/C20H17ClO3/c1-13-15(8-4-10-17(13)21)12-19(20(22)23)24-18-11-5-7-14-6-2-3-9-16(14)18/h2-11,19H,12H2,1H3,(H,22,23). The van der Waals surface area contributed by atoms with Gasteiger partial charge in [-0.2, -0.15) is 0 Å². The van der Waals surface area contributed by atoms with Gasteiger partial charge < -0.3 is 9.84 Å². The Kier molecular flexibility index (Phi) is 4.72. The molecule has 3 nitrogen and oxygen atoms in total. The number of rotatable bonds is 5. The summed E-state index contributed by atoms with van der Waals surface area (Å²) in [4.78, 5) is 11.7. The van der Waals surface area contributed by atoms with E-state index in [1.54, 1.807) is 12.1 Å². The molecule has 0 aliphatic rings. The molecule has 1 unspecified atom stereocenters. The van der Waals surface area contributed by atoms with E-state index in [1.807, 2.05) is 55.5 Å². The van der Waals surface area contributed by atoms with Gasteiger partial charge in [0.25, 0.3) is 0 Å². The highest BCUT2D eigenvalue weighted by Gasteiger charge is 2.22. The molecular formula is C20H17ClO3. The van der Waals surface area contributed by atoms with Crippen LogP contribution in [0.4, 0.5) is 0 Å². The third kappa shape index (κ3) is 3.36. The summed E-state index contributed by atoms with van der Waals surface area (Å²) in [7, 11) is 0. The molecule has 4 heteroatoms. The highest BCUT2D eigenvalue weighted by atomic mass is 35.5. The second-order valence-corrected chi connectivity index (χ2v) is 6.06. The number of hydrogen-bond acceptors (Lipinski definition) is 2. The number of benzene rings is 3. The molecule has 24 heavy (non-hydrogen) atoms. The molecule has 0 heterocycles. The van der Waals surface area contributed by atoms with Gasteiger partial charge in [-0.25, -0.2) is 4.79 Å². The van der Waals surface area contributed by atoms with Crippen molar-refractivity contribution in [1.82, 2.24) is 0 Å². The SMILES string of the molecule is Cc1c(Cl)cccc1CC(Oc1cccc2ccccc12)C(=O)O. The van der Waals surface area contributed by atoms with Crippen LogP contribution in [-0.4, -0.2) is 17.2 Å². The smallest absolute Gasteiger partial charge is 0.345 e. The first-order chi connectivity index (χ1) is 11.6. The molecule has 0 saturated heterocycles. The largest absolute Gasteiger partial charge is 0.478 e. The van der Waals surface area contributed by atoms with Crippen molar-refractivity contribution in [2.75, 3.05) is 0 Å². The Morgan fingerprint density at radius 2 is 1.79 bits per heavy atom. The fourth-order valence-corrected chi connectivity index (χ4v) is 2.90. The van der Waals surface area contributed by atoms with E-state index in [0.717, 1.165) is 21.9 Å². The molecule has 122 valence electrons. The van der Waals surface area contributed by atoms with E-state index in [-0.39, 0.29) is 6.42 Å². The normalized spacial score (nSPS) is 12.1. The Labute approximate surface area is 145 Å². The average molecular weight is 341 g/mol. The van der Waals surface area contributed by atoms with E-state index < -0.39 is 12.1 Å². The van der Waals surface area contributed by atoms with E-state index in [4.69, 9.17) is 16.3 Å². The highest BCUT2D eigenvalue weighted by Crippen LogP contribution is 2.27. The van der Waals surface area contributed by atoms with Crippen LogP contribution in [0.5, 0.6) is 5.75 Å². The molecular weight excluding hydrogens is 324 g/mol. The van der Waals surface area contributed by atoms with E-state index in [2.05, 4.69) is 0 Å². The molecule has 0 aliphatic carbocycles. The van der Waals surface area contributed by atoms with Crippen LogP contribution >= 0.6 is 11.6 Å².